The van der Waals surface area contributed by atoms with E-state index in [9.17, 15) is 34.2 Å². The summed E-state index contributed by atoms with van der Waals surface area (Å²) in [6.07, 6.45) is 0.823. The second-order valence-electron chi connectivity index (χ2n) is 7.65. The number of carbonyl (C=O) groups excluding carboxylic acids is 3. The number of aromatic amines is 1. The lowest BCUT2D eigenvalue weighted by Gasteiger charge is -2.24. The van der Waals surface area contributed by atoms with E-state index in [0.717, 1.165) is 10.9 Å². The Kier molecular flexibility index (Phi) is 10.4. The summed E-state index contributed by atoms with van der Waals surface area (Å²) < 4.78 is 0. The van der Waals surface area contributed by atoms with Crippen LogP contribution in [-0.2, 0) is 30.4 Å². The molecule has 14 heteroatoms. The minimum absolute atomic E-state index is 0.0425. The fourth-order valence-electron chi connectivity index (χ4n) is 3.21. The van der Waals surface area contributed by atoms with Crippen molar-refractivity contribution >= 4 is 65.8 Å². The number of rotatable bonds is 13. The lowest BCUT2D eigenvalue weighted by molar-refractivity contribution is -0.142. The zero-order valence-corrected chi connectivity index (χ0v) is 20.2. The molecule has 0 saturated heterocycles. The maximum atomic E-state index is 13.0. The quantitative estimate of drug-likeness (QED) is 0.147. The molecule has 2 rings (SSSR count). The molecule has 8 N–H and O–H groups in total. The fraction of sp³-hybridized carbons (Fsp3) is 0.381. The van der Waals surface area contributed by atoms with Crippen molar-refractivity contribution in [1.29, 1.82) is 0 Å². The first-order valence-corrected chi connectivity index (χ1v) is 11.7. The van der Waals surface area contributed by atoms with Gasteiger partial charge in [-0.2, -0.15) is 25.3 Å². The molecule has 2 aromatic rings. The van der Waals surface area contributed by atoms with Gasteiger partial charge < -0.3 is 36.9 Å². The summed E-state index contributed by atoms with van der Waals surface area (Å²) >= 11 is 7.83. The molecule has 0 aliphatic heterocycles. The number of amides is 3. The molecule has 0 fully saturated rings. The molecule has 0 saturated carbocycles. The van der Waals surface area contributed by atoms with Gasteiger partial charge in [-0.15, -0.1) is 0 Å². The predicted molar refractivity (Wildman–Crippen MR) is 133 cm³/mol. The number of aromatic nitrogens is 1. The third-order valence-electron chi connectivity index (χ3n) is 5.07. The molecule has 190 valence electrons. The Morgan fingerprint density at radius 1 is 0.886 bits per heavy atom. The molecule has 3 amide bonds. The summed E-state index contributed by atoms with van der Waals surface area (Å²) in [6, 6.07) is 1.98. The third kappa shape index (κ3) is 7.90. The number of benzene rings is 1. The zero-order chi connectivity index (χ0) is 26.1. The number of para-hydroxylation sites is 1. The molecule has 35 heavy (non-hydrogen) atoms. The van der Waals surface area contributed by atoms with Gasteiger partial charge in [0, 0.05) is 35.0 Å². The van der Waals surface area contributed by atoms with Gasteiger partial charge in [0.15, 0.2) is 0 Å². The van der Waals surface area contributed by atoms with Crippen molar-refractivity contribution in [2.45, 2.75) is 37.0 Å². The van der Waals surface area contributed by atoms with Crippen molar-refractivity contribution in [3.05, 3.63) is 36.0 Å². The topological polar surface area (TPSA) is 204 Å². The van der Waals surface area contributed by atoms with Crippen LogP contribution in [0.15, 0.2) is 30.5 Å². The average molecular weight is 526 g/mol. The van der Waals surface area contributed by atoms with Crippen LogP contribution in [0.5, 0.6) is 0 Å². The predicted octanol–water partition coefficient (Wildman–Crippen LogP) is -1.09. The number of nitrogens with one attached hydrogen (secondary N) is 4. The van der Waals surface area contributed by atoms with E-state index < -0.39 is 60.2 Å². The molecule has 0 aliphatic rings. The highest BCUT2D eigenvalue weighted by atomic mass is 32.1. The number of carbonyl (C=O) groups is 5. The molecule has 0 radical (unpaired) electrons. The normalized spacial score (nSPS) is 14.4. The number of carboxylic acid groups (broad SMARTS) is 2. The first kappa shape index (κ1) is 28.0. The second-order valence-corrected chi connectivity index (χ2v) is 8.39. The minimum Gasteiger partial charge on any atom is -0.481 e. The Morgan fingerprint density at radius 2 is 1.49 bits per heavy atom. The molecular formula is C21H27N5O7S2. The number of hydrogen-bond acceptors (Lipinski definition) is 8. The molecule has 1 heterocycles. The van der Waals surface area contributed by atoms with Gasteiger partial charge in [-0.05, 0) is 11.6 Å². The molecule has 0 aliphatic carbocycles. The van der Waals surface area contributed by atoms with Crippen LogP contribution in [-0.4, -0.2) is 80.5 Å². The van der Waals surface area contributed by atoms with Crippen LogP contribution in [0.1, 0.15) is 12.0 Å². The van der Waals surface area contributed by atoms with Crippen molar-refractivity contribution < 1.29 is 34.2 Å². The number of H-pyrrole nitrogens is 1. The Balaban J connectivity index is 2.31. The molecule has 4 atom stereocenters. The maximum Gasteiger partial charge on any atom is 0.327 e. The van der Waals surface area contributed by atoms with Crippen LogP contribution in [0.2, 0.25) is 0 Å². The van der Waals surface area contributed by atoms with Crippen molar-refractivity contribution in [2.24, 2.45) is 5.73 Å². The Bertz CT molecular complexity index is 1090. The van der Waals surface area contributed by atoms with Crippen molar-refractivity contribution in [3.8, 4) is 0 Å². The van der Waals surface area contributed by atoms with Crippen LogP contribution in [0, 0.1) is 0 Å². The van der Waals surface area contributed by atoms with Crippen LogP contribution >= 0.6 is 25.3 Å². The van der Waals surface area contributed by atoms with Gasteiger partial charge >= 0.3 is 11.9 Å². The SMILES string of the molecule is NC(CS)C(=O)NC(CC(=O)O)C(=O)NC(Cc1c[nH]c2ccccc12)C(=O)NC(CS)C(=O)O. The molecule has 0 spiro atoms. The Hall–Kier alpha value is -3.23. The van der Waals surface area contributed by atoms with Gasteiger partial charge in [-0.25, -0.2) is 4.79 Å². The first-order chi connectivity index (χ1) is 16.6. The van der Waals surface area contributed by atoms with Crippen LogP contribution in [0.3, 0.4) is 0 Å². The summed E-state index contributed by atoms with van der Waals surface area (Å²) in [4.78, 5) is 63.7. The van der Waals surface area contributed by atoms with Gasteiger partial charge in [0.25, 0.3) is 0 Å². The highest BCUT2D eigenvalue weighted by molar-refractivity contribution is 7.80. The molecule has 0 bridgehead atoms. The van der Waals surface area contributed by atoms with Crippen LogP contribution in [0.25, 0.3) is 10.9 Å². The Morgan fingerprint density at radius 3 is 2.09 bits per heavy atom. The van der Waals surface area contributed by atoms with E-state index in [4.69, 9.17) is 5.73 Å². The average Bonchev–Trinajstić information content (AvgIpc) is 3.23. The highest BCUT2D eigenvalue weighted by Gasteiger charge is 2.31. The summed E-state index contributed by atoms with van der Waals surface area (Å²) in [5.74, 6) is -5.50. The molecule has 12 nitrogen and oxygen atoms in total. The largest absolute Gasteiger partial charge is 0.481 e. The first-order valence-electron chi connectivity index (χ1n) is 10.4. The Labute approximate surface area is 211 Å². The smallest absolute Gasteiger partial charge is 0.327 e. The second kappa shape index (κ2) is 13.0. The van der Waals surface area contributed by atoms with Crippen molar-refractivity contribution in [2.75, 3.05) is 11.5 Å². The number of aliphatic carboxylic acids is 2. The maximum absolute atomic E-state index is 13.0. The van der Waals surface area contributed by atoms with Crippen LogP contribution in [0.4, 0.5) is 0 Å². The van der Waals surface area contributed by atoms with Crippen LogP contribution < -0.4 is 21.7 Å². The van der Waals surface area contributed by atoms with Gasteiger partial charge in [0.2, 0.25) is 17.7 Å². The summed E-state index contributed by atoms with van der Waals surface area (Å²) in [6.45, 7) is 0. The fourth-order valence-corrected chi connectivity index (χ4v) is 3.62. The molecule has 1 aromatic carbocycles. The van der Waals surface area contributed by atoms with E-state index in [1.54, 1.807) is 18.3 Å². The molecular weight excluding hydrogens is 498 g/mol. The van der Waals surface area contributed by atoms with Gasteiger partial charge in [0.05, 0.1) is 12.5 Å². The summed E-state index contributed by atoms with van der Waals surface area (Å²) in [5, 5.41) is 26.2. The standard InChI is InChI=1S/C21H27N5O7S2/c22-12(8-34)18(29)24-15(6-17(27)28)20(31)25-14(19(30)26-16(9-35)21(32)33)5-10-7-23-13-4-2-1-3-11(10)13/h1-4,7,12,14-16,23,34-35H,5-6,8-9,22H2,(H,24,29)(H,25,31)(H,26,30)(H,27,28)(H,32,33). The van der Waals surface area contributed by atoms with Crippen molar-refractivity contribution in [1.82, 2.24) is 20.9 Å². The molecule has 4 unspecified atom stereocenters. The lowest BCUT2D eigenvalue weighted by Crippen LogP contribution is -2.58. The van der Waals surface area contributed by atoms with Gasteiger partial charge in [-0.1, -0.05) is 18.2 Å². The minimum atomic E-state index is -1.54. The number of hydrogen-bond donors (Lipinski definition) is 9. The van der Waals surface area contributed by atoms with E-state index in [0.29, 0.717) is 5.56 Å². The van der Waals surface area contributed by atoms with Crippen molar-refractivity contribution in [3.63, 3.8) is 0 Å². The van der Waals surface area contributed by atoms with Gasteiger partial charge in [0.1, 0.15) is 18.1 Å². The lowest BCUT2D eigenvalue weighted by atomic mass is 10.0. The number of carboxylic acids is 2. The summed E-state index contributed by atoms with van der Waals surface area (Å²) in [7, 11) is 0. The van der Waals surface area contributed by atoms with Gasteiger partial charge in [-0.3, -0.25) is 19.2 Å². The van der Waals surface area contributed by atoms with E-state index in [2.05, 4.69) is 46.2 Å². The number of thiol groups is 2. The van der Waals surface area contributed by atoms with E-state index in [-0.39, 0.29) is 17.9 Å². The highest BCUT2D eigenvalue weighted by Crippen LogP contribution is 2.19. The van der Waals surface area contributed by atoms with E-state index in [1.807, 2.05) is 12.1 Å². The molecule has 1 aromatic heterocycles. The zero-order valence-electron chi connectivity index (χ0n) is 18.4. The number of fused-ring (bicyclic) bond motifs is 1. The summed E-state index contributed by atoms with van der Waals surface area (Å²) in [5.41, 5.74) is 7.02. The monoisotopic (exact) mass is 525 g/mol. The number of nitrogens with two attached hydrogens (primary N) is 1. The van der Waals surface area contributed by atoms with E-state index in [1.165, 1.54) is 0 Å². The third-order valence-corrected chi connectivity index (χ3v) is 5.83. The van der Waals surface area contributed by atoms with E-state index >= 15 is 0 Å².